The minimum Gasteiger partial charge on any atom is -0.256 e. The van der Waals surface area contributed by atoms with Gasteiger partial charge in [0.1, 0.15) is 0 Å². The summed E-state index contributed by atoms with van der Waals surface area (Å²) in [5, 5.41) is 0. The highest BCUT2D eigenvalue weighted by atomic mass is 35.5. The van der Waals surface area contributed by atoms with Crippen LogP contribution in [0, 0.1) is 0 Å². The van der Waals surface area contributed by atoms with E-state index in [-0.39, 0.29) is 0 Å². The normalized spacial score (nSPS) is 13.7. The van der Waals surface area contributed by atoms with E-state index in [1.165, 1.54) is 0 Å². The van der Waals surface area contributed by atoms with Gasteiger partial charge in [-0.2, -0.15) is 0 Å². The second-order valence-corrected chi connectivity index (χ2v) is 2.45. The van der Waals surface area contributed by atoms with Gasteiger partial charge in [-0.1, -0.05) is 6.92 Å². The van der Waals surface area contributed by atoms with Crippen molar-refractivity contribution in [3.63, 3.8) is 0 Å². The molecule has 56 valence electrons. The van der Waals surface area contributed by atoms with E-state index in [2.05, 4.69) is 24.7 Å². The third-order valence-corrected chi connectivity index (χ3v) is 1.37. The lowest BCUT2D eigenvalue weighted by atomic mass is 10.3. The molecule has 2 N–H and O–H groups in total. The third-order valence-electron chi connectivity index (χ3n) is 1.18. The van der Waals surface area contributed by atoms with E-state index in [0.29, 0.717) is 11.9 Å². The summed E-state index contributed by atoms with van der Waals surface area (Å²) in [7, 11) is 0. The smallest absolute Gasteiger partial charge is 0.0362 e. The van der Waals surface area contributed by atoms with Crippen LogP contribution in [-0.2, 0) is 0 Å². The van der Waals surface area contributed by atoms with E-state index in [1.54, 1.807) is 0 Å². The molecule has 0 aromatic rings. The zero-order valence-electron chi connectivity index (χ0n) is 6.08. The number of nitrogens with one attached hydrogen (secondary N) is 2. The van der Waals surface area contributed by atoms with Gasteiger partial charge in [-0.25, -0.2) is 0 Å². The summed E-state index contributed by atoms with van der Waals surface area (Å²) in [6.07, 6.45) is 1.13. The van der Waals surface area contributed by atoms with Crippen LogP contribution in [-0.4, -0.2) is 18.5 Å². The average molecular weight is 151 g/mol. The Balaban J connectivity index is 2.88. The molecule has 0 rings (SSSR count). The first-order valence-corrected chi connectivity index (χ1v) is 3.89. The summed E-state index contributed by atoms with van der Waals surface area (Å²) >= 11 is 5.43. The van der Waals surface area contributed by atoms with Gasteiger partial charge in [-0.05, 0) is 13.3 Å². The number of rotatable bonds is 5. The quantitative estimate of drug-likeness (QED) is 0.349. The average Bonchev–Trinajstić information content (AvgIpc) is 1.89. The molecule has 0 aromatic carbocycles. The minimum absolute atomic E-state index is 0.535. The van der Waals surface area contributed by atoms with Gasteiger partial charge in [0.05, 0.1) is 0 Å². The molecule has 0 aromatic heterocycles. The highest BCUT2D eigenvalue weighted by Gasteiger charge is 1.92. The topological polar surface area (TPSA) is 24.1 Å². The van der Waals surface area contributed by atoms with Crippen LogP contribution in [0.25, 0.3) is 0 Å². The van der Waals surface area contributed by atoms with Crippen molar-refractivity contribution >= 4 is 11.6 Å². The summed E-state index contributed by atoms with van der Waals surface area (Å²) in [5.41, 5.74) is 6.10. The van der Waals surface area contributed by atoms with Crippen molar-refractivity contribution in [2.75, 3.05) is 12.4 Å². The number of hydrogen-bond donors (Lipinski definition) is 2. The van der Waals surface area contributed by atoms with Gasteiger partial charge in [0, 0.05) is 18.5 Å². The molecule has 0 fully saturated rings. The minimum atomic E-state index is 0.535. The van der Waals surface area contributed by atoms with Gasteiger partial charge in [0.25, 0.3) is 0 Å². The van der Waals surface area contributed by atoms with Crippen molar-refractivity contribution in [1.82, 2.24) is 10.9 Å². The predicted molar refractivity (Wildman–Crippen MR) is 41.6 cm³/mol. The molecule has 0 spiro atoms. The fourth-order valence-electron chi connectivity index (χ4n) is 0.396. The molecule has 9 heavy (non-hydrogen) atoms. The van der Waals surface area contributed by atoms with Gasteiger partial charge in [0.2, 0.25) is 0 Å². The van der Waals surface area contributed by atoms with E-state index in [9.17, 15) is 0 Å². The van der Waals surface area contributed by atoms with Gasteiger partial charge < -0.3 is 0 Å². The molecule has 3 heteroatoms. The molecular weight excluding hydrogens is 136 g/mol. The summed E-state index contributed by atoms with van der Waals surface area (Å²) in [6, 6.07) is 0.535. The molecule has 0 amide bonds. The lowest BCUT2D eigenvalue weighted by Gasteiger charge is -2.10. The van der Waals surface area contributed by atoms with Crippen LogP contribution in [0.4, 0.5) is 0 Å². The maximum atomic E-state index is 5.43. The van der Waals surface area contributed by atoms with Crippen LogP contribution in [0.2, 0.25) is 0 Å². The fraction of sp³-hybridized carbons (Fsp3) is 1.00. The summed E-state index contributed by atoms with van der Waals surface area (Å²) in [4.78, 5) is 0. The van der Waals surface area contributed by atoms with Crippen LogP contribution in [0.3, 0.4) is 0 Å². The van der Waals surface area contributed by atoms with E-state index in [4.69, 9.17) is 11.6 Å². The first-order chi connectivity index (χ1) is 4.31. The molecule has 1 unspecified atom stereocenters. The molecule has 0 heterocycles. The first kappa shape index (κ1) is 9.21. The van der Waals surface area contributed by atoms with Crippen LogP contribution < -0.4 is 10.9 Å². The number of alkyl halides is 1. The van der Waals surface area contributed by atoms with Gasteiger partial charge in [-0.15, -0.1) is 11.6 Å². The van der Waals surface area contributed by atoms with Crippen molar-refractivity contribution in [2.45, 2.75) is 26.3 Å². The second-order valence-electron chi connectivity index (χ2n) is 2.07. The summed E-state index contributed by atoms with van der Waals surface area (Å²) < 4.78 is 0. The van der Waals surface area contributed by atoms with E-state index in [1.807, 2.05) is 0 Å². The SMILES string of the molecule is CCC(C)NNCCCl. The van der Waals surface area contributed by atoms with Crippen molar-refractivity contribution in [3.8, 4) is 0 Å². The van der Waals surface area contributed by atoms with Gasteiger partial charge in [-0.3, -0.25) is 10.9 Å². The Bertz CT molecular complexity index is 59.0. The van der Waals surface area contributed by atoms with Gasteiger partial charge in [0.15, 0.2) is 0 Å². The Morgan fingerprint density at radius 2 is 2.22 bits per heavy atom. The number of hydrogen-bond acceptors (Lipinski definition) is 2. The lowest BCUT2D eigenvalue weighted by Crippen LogP contribution is -2.39. The Hall–Kier alpha value is 0.210. The standard InChI is InChI=1S/C6H15ClN2/c1-3-6(2)9-8-5-4-7/h6,8-9H,3-5H2,1-2H3. The van der Waals surface area contributed by atoms with Crippen LogP contribution in [0.1, 0.15) is 20.3 Å². The third kappa shape index (κ3) is 6.09. The summed E-state index contributed by atoms with van der Waals surface area (Å²) in [6.45, 7) is 5.09. The maximum absolute atomic E-state index is 5.43. The highest BCUT2D eigenvalue weighted by Crippen LogP contribution is 1.83. The molecule has 0 aliphatic carbocycles. The zero-order chi connectivity index (χ0) is 7.11. The molecule has 0 aliphatic heterocycles. The Labute approximate surface area is 61.9 Å². The Morgan fingerprint density at radius 3 is 2.67 bits per heavy atom. The second kappa shape index (κ2) is 6.33. The molecule has 0 aliphatic rings. The van der Waals surface area contributed by atoms with Crippen LogP contribution >= 0.6 is 11.6 Å². The van der Waals surface area contributed by atoms with Crippen molar-refractivity contribution in [1.29, 1.82) is 0 Å². The number of halogens is 1. The Kier molecular flexibility index (Phi) is 6.48. The molecule has 0 saturated carbocycles. The first-order valence-electron chi connectivity index (χ1n) is 3.35. The lowest BCUT2D eigenvalue weighted by molar-refractivity contribution is 0.453. The summed E-state index contributed by atoms with van der Waals surface area (Å²) in [5.74, 6) is 0.656. The fourth-order valence-corrected chi connectivity index (χ4v) is 0.490. The van der Waals surface area contributed by atoms with Crippen molar-refractivity contribution in [2.24, 2.45) is 0 Å². The van der Waals surface area contributed by atoms with Crippen molar-refractivity contribution < 1.29 is 0 Å². The predicted octanol–water partition coefficient (Wildman–Crippen LogP) is 1.12. The molecule has 0 radical (unpaired) electrons. The molecule has 2 nitrogen and oxygen atoms in total. The number of hydrazine groups is 1. The van der Waals surface area contributed by atoms with E-state index in [0.717, 1.165) is 13.0 Å². The van der Waals surface area contributed by atoms with E-state index >= 15 is 0 Å². The van der Waals surface area contributed by atoms with Crippen molar-refractivity contribution in [3.05, 3.63) is 0 Å². The van der Waals surface area contributed by atoms with Gasteiger partial charge >= 0.3 is 0 Å². The maximum Gasteiger partial charge on any atom is 0.0362 e. The molecule has 0 saturated heterocycles. The van der Waals surface area contributed by atoms with Crippen LogP contribution in [0.5, 0.6) is 0 Å². The Morgan fingerprint density at radius 1 is 1.56 bits per heavy atom. The van der Waals surface area contributed by atoms with Crippen LogP contribution in [0.15, 0.2) is 0 Å². The monoisotopic (exact) mass is 150 g/mol. The molecule has 1 atom stereocenters. The zero-order valence-corrected chi connectivity index (χ0v) is 6.83. The molecular formula is C6H15ClN2. The van der Waals surface area contributed by atoms with E-state index < -0.39 is 0 Å². The molecule has 0 bridgehead atoms. The highest BCUT2D eigenvalue weighted by molar-refractivity contribution is 6.18. The largest absolute Gasteiger partial charge is 0.256 e.